The first-order valence-electron chi connectivity index (χ1n) is 8.46. The molecule has 1 aliphatic carbocycles. The highest BCUT2D eigenvalue weighted by molar-refractivity contribution is 6.31. The first kappa shape index (κ1) is 16.8. The third-order valence-corrected chi connectivity index (χ3v) is 4.49. The van der Waals surface area contributed by atoms with E-state index in [0.717, 1.165) is 30.8 Å². The van der Waals surface area contributed by atoms with Gasteiger partial charge in [-0.05, 0) is 62.4 Å². The molecule has 1 aromatic heterocycles. The Balaban J connectivity index is 1.70. The third kappa shape index (κ3) is 3.88. The zero-order valence-electron chi connectivity index (χ0n) is 13.9. The molecule has 5 heteroatoms. The van der Waals surface area contributed by atoms with E-state index in [1.807, 2.05) is 19.1 Å². The van der Waals surface area contributed by atoms with Crippen LogP contribution in [0, 0.1) is 0 Å². The number of anilines is 1. The maximum atomic E-state index is 12.5. The lowest BCUT2D eigenvalue weighted by atomic mass is 9.96. The molecule has 126 valence electrons. The van der Waals surface area contributed by atoms with Gasteiger partial charge in [-0.3, -0.25) is 9.78 Å². The Labute approximate surface area is 147 Å². The minimum Gasteiger partial charge on any atom is -0.385 e. The largest absolute Gasteiger partial charge is 0.385 e. The van der Waals surface area contributed by atoms with Gasteiger partial charge < -0.3 is 10.6 Å². The molecule has 1 amide bonds. The highest BCUT2D eigenvalue weighted by Crippen LogP contribution is 2.21. The van der Waals surface area contributed by atoms with Gasteiger partial charge >= 0.3 is 0 Å². The van der Waals surface area contributed by atoms with Crippen LogP contribution in [-0.2, 0) is 19.4 Å². The van der Waals surface area contributed by atoms with E-state index in [1.165, 1.54) is 24.1 Å². The van der Waals surface area contributed by atoms with Crippen molar-refractivity contribution in [3.63, 3.8) is 0 Å². The molecule has 0 aliphatic heterocycles. The van der Waals surface area contributed by atoms with Gasteiger partial charge in [0.2, 0.25) is 0 Å². The molecule has 1 heterocycles. The first-order valence-corrected chi connectivity index (χ1v) is 8.84. The highest BCUT2D eigenvalue weighted by atomic mass is 35.5. The van der Waals surface area contributed by atoms with Crippen LogP contribution in [0.3, 0.4) is 0 Å². The van der Waals surface area contributed by atoms with Crippen molar-refractivity contribution in [2.75, 3.05) is 11.9 Å². The summed E-state index contributed by atoms with van der Waals surface area (Å²) in [5, 5.41) is 6.69. The maximum Gasteiger partial charge on any atom is 0.253 e. The van der Waals surface area contributed by atoms with E-state index in [1.54, 1.807) is 12.1 Å². The van der Waals surface area contributed by atoms with Gasteiger partial charge in [-0.15, -0.1) is 0 Å². The van der Waals surface area contributed by atoms with Crippen LogP contribution < -0.4 is 10.6 Å². The number of rotatable bonds is 5. The van der Waals surface area contributed by atoms with Crippen molar-refractivity contribution in [1.82, 2.24) is 10.3 Å². The van der Waals surface area contributed by atoms with E-state index in [-0.39, 0.29) is 5.91 Å². The van der Waals surface area contributed by atoms with Crippen molar-refractivity contribution in [2.24, 2.45) is 0 Å². The minimum absolute atomic E-state index is 0.145. The van der Waals surface area contributed by atoms with Crippen LogP contribution in [0.1, 0.15) is 47.1 Å². The standard InChI is InChI=1S/C19H22ClN3O/c1-2-21-18-10-8-14(20)11-16(18)19(24)22-12-15-9-7-13-5-3-4-6-17(13)23-15/h7-11,21H,2-6,12H2,1H3,(H,22,24). The average Bonchev–Trinajstić information content (AvgIpc) is 2.61. The molecule has 0 saturated heterocycles. The van der Waals surface area contributed by atoms with Crippen LogP contribution in [0.5, 0.6) is 0 Å². The molecule has 0 saturated carbocycles. The Hall–Kier alpha value is -2.07. The zero-order chi connectivity index (χ0) is 16.9. The predicted octanol–water partition coefficient (Wildman–Crippen LogP) is 3.98. The van der Waals surface area contributed by atoms with Crippen molar-refractivity contribution in [3.05, 3.63) is 57.9 Å². The van der Waals surface area contributed by atoms with Gasteiger partial charge in [0, 0.05) is 22.9 Å². The van der Waals surface area contributed by atoms with Crippen molar-refractivity contribution >= 4 is 23.2 Å². The Morgan fingerprint density at radius 2 is 2.04 bits per heavy atom. The number of fused-ring (bicyclic) bond motifs is 1. The molecular formula is C19H22ClN3O. The van der Waals surface area contributed by atoms with Crippen molar-refractivity contribution < 1.29 is 4.79 Å². The molecule has 3 rings (SSSR count). The Morgan fingerprint density at radius 3 is 2.88 bits per heavy atom. The summed E-state index contributed by atoms with van der Waals surface area (Å²) in [6.45, 7) is 3.16. The Morgan fingerprint density at radius 1 is 1.21 bits per heavy atom. The second-order valence-corrected chi connectivity index (χ2v) is 6.45. The number of hydrogen-bond donors (Lipinski definition) is 2. The molecule has 0 fully saturated rings. The van der Waals surface area contributed by atoms with Crippen LogP contribution in [-0.4, -0.2) is 17.4 Å². The number of nitrogens with zero attached hydrogens (tertiary/aromatic N) is 1. The summed E-state index contributed by atoms with van der Waals surface area (Å²) in [5.41, 5.74) is 4.78. The molecule has 2 aromatic rings. The number of nitrogens with one attached hydrogen (secondary N) is 2. The van der Waals surface area contributed by atoms with Gasteiger partial charge in [0.15, 0.2) is 0 Å². The summed E-state index contributed by atoms with van der Waals surface area (Å²) in [5.74, 6) is -0.145. The van der Waals surface area contributed by atoms with Gasteiger partial charge in [0.25, 0.3) is 5.91 Å². The number of aryl methyl sites for hydroxylation is 2. The first-order chi connectivity index (χ1) is 11.7. The molecule has 1 aromatic carbocycles. The van der Waals surface area contributed by atoms with E-state index in [4.69, 9.17) is 16.6 Å². The van der Waals surface area contributed by atoms with E-state index >= 15 is 0 Å². The number of amides is 1. The number of aromatic nitrogens is 1. The van der Waals surface area contributed by atoms with Crippen molar-refractivity contribution in [3.8, 4) is 0 Å². The van der Waals surface area contributed by atoms with Crippen LogP contribution >= 0.6 is 11.6 Å². The summed E-state index contributed by atoms with van der Waals surface area (Å²) in [4.78, 5) is 17.2. The van der Waals surface area contributed by atoms with Crippen LogP contribution in [0.2, 0.25) is 5.02 Å². The number of carbonyl (C=O) groups excluding carboxylic acids is 1. The second-order valence-electron chi connectivity index (χ2n) is 6.02. The summed E-state index contributed by atoms with van der Waals surface area (Å²) in [7, 11) is 0. The fraction of sp³-hybridized carbons (Fsp3) is 0.368. The molecule has 0 bridgehead atoms. The lowest BCUT2D eigenvalue weighted by Crippen LogP contribution is -2.25. The molecule has 0 atom stereocenters. The van der Waals surface area contributed by atoms with Gasteiger partial charge in [0.1, 0.15) is 0 Å². The minimum atomic E-state index is -0.145. The topological polar surface area (TPSA) is 54.0 Å². The number of halogens is 1. The van der Waals surface area contributed by atoms with Gasteiger partial charge in [0.05, 0.1) is 17.8 Å². The Bertz CT molecular complexity index is 745. The summed E-state index contributed by atoms with van der Waals surface area (Å²) in [6.07, 6.45) is 4.59. The lowest BCUT2D eigenvalue weighted by Gasteiger charge is -2.16. The normalized spacial score (nSPS) is 13.2. The quantitative estimate of drug-likeness (QED) is 0.863. The summed E-state index contributed by atoms with van der Waals surface area (Å²) in [6, 6.07) is 9.45. The number of hydrogen-bond acceptors (Lipinski definition) is 3. The molecular weight excluding hydrogens is 322 g/mol. The number of pyridine rings is 1. The predicted molar refractivity (Wildman–Crippen MR) is 97.7 cm³/mol. The number of benzene rings is 1. The van der Waals surface area contributed by atoms with Crippen molar-refractivity contribution in [1.29, 1.82) is 0 Å². The molecule has 0 spiro atoms. The molecule has 1 aliphatic rings. The van der Waals surface area contributed by atoms with Gasteiger partial charge in [-0.1, -0.05) is 17.7 Å². The molecule has 24 heavy (non-hydrogen) atoms. The molecule has 0 radical (unpaired) electrons. The van der Waals surface area contributed by atoms with E-state index < -0.39 is 0 Å². The van der Waals surface area contributed by atoms with E-state index in [9.17, 15) is 4.79 Å². The van der Waals surface area contributed by atoms with Crippen LogP contribution in [0.15, 0.2) is 30.3 Å². The smallest absolute Gasteiger partial charge is 0.253 e. The molecule has 2 N–H and O–H groups in total. The third-order valence-electron chi connectivity index (χ3n) is 4.26. The SMILES string of the molecule is CCNc1ccc(Cl)cc1C(=O)NCc1ccc2c(n1)CCCC2. The highest BCUT2D eigenvalue weighted by Gasteiger charge is 2.14. The zero-order valence-corrected chi connectivity index (χ0v) is 14.6. The van der Waals surface area contributed by atoms with Gasteiger partial charge in [-0.25, -0.2) is 0 Å². The molecule has 4 nitrogen and oxygen atoms in total. The summed E-state index contributed by atoms with van der Waals surface area (Å²) >= 11 is 6.04. The van der Waals surface area contributed by atoms with E-state index in [0.29, 0.717) is 17.1 Å². The Kier molecular flexibility index (Phi) is 5.36. The monoisotopic (exact) mass is 343 g/mol. The van der Waals surface area contributed by atoms with Crippen LogP contribution in [0.4, 0.5) is 5.69 Å². The summed E-state index contributed by atoms with van der Waals surface area (Å²) < 4.78 is 0. The van der Waals surface area contributed by atoms with Gasteiger partial charge in [-0.2, -0.15) is 0 Å². The average molecular weight is 344 g/mol. The fourth-order valence-electron chi connectivity index (χ4n) is 3.04. The van der Waals surface area contributed by atoms with Crippen LogP contribution in [0.25, 0.3) is 0 Å². The fourth-order valence-corrected chi connectivity index (χ4v) is 3.21. The molecule has 0 unspecified atom stereocenters. The van der Waals surface area contributed by atoms with Crippen molar-refractivity contribution in [2.45, 2.75) is 39.2 Å². The number of carbonyl (C=O) groups is 1. The lowest BCUT2D eigenvalue weighted by molar-refractivity contribution is 0.0951. The second kappa shape index (κ2) is 7.67. The maximum absolute atomic E-state index is 12.5. The van der Waals surface area contributed by atoms with E-state index in [2.05, 4.69) is 16.7 Å².